The Morgan fingerprint density at radius 2 is 1.86 bits per heavy atom. The van der Waals surface area contributed by atoms with E-state index in [0.29, 0.717) is 40.5 Å². The van der Waals surface area contributed by atoms with Crippen LogP contribution in [0.15, 0.2) is 78.0 Å². The van der Waals surface area contributed by atoms with E-state index in [9.17, 15) is 18.0 Å². The maximum Gasteiger partial charge on any atom is 0.573 e. The van der Waals surface area contributed by atoms with E-state index < -0.39 is 6.36 Å². The minimum Gasteiger partial charge on any atom is -0.406 e. The second kappa shape index (κ2) is 13.0. The van der Waals surface area contributed by atoms with Gasteiger partial charge in [-0.05, 0) is 79.0 Å². The molecule has 2 heterocycles. The Hall–Kier alpha value is -4.23. The van der Waals surface area contributed by atoms with Gasteiger partial charge in [-0.2, -0.15) is 4.99 Å². The van der Waals surface area contributed by atoms with Crippen molar-refractivity contribution in [3.63, 3.8) is 0 Å². The molecule has 1 N–H and O–H groups in total. The number of thiocarbonyl (C=S) groups is 1. The van der Waals surface area contributed by atoms with E-state index in [0.717, 1.165) is 34.4 Å². The van der Waals surface area contributed by atoms with Crippen molar-refractivity contribution in [2.45, 2.75) is 33.1 Å². The number of hydrogen-bond acceptors (Lipinski definition) is 6. The summed E-state index contributed by atoms with van der Waals surface area (Å²) >= 11 is 6.84. The third kappa shape index (κ3) is 7.59. The van der Waals surface area contributed by atoms with Crippen molar-refractivity contribution in [1.82, 2.24) is 20.1 Å². The minimum absolute atomic E-state index is 0.0142. The number of hydrogen-bond donors (Lipinski definition) is 1. The number of benzene rings is 3. The van der Waals surface area contributed by atoms with Crippen LogP contribution in [0.5, 0.6) is 5.75 Å². The molecule has 0 saturated carbocycles. The number of alkyl halides is 3. The lowest BCUT2D eigenvalue weighted by atomic mass is 10.1. The van der Waals surface area contributed by atoms with Crippen molar-refractivity contribution in [2.24, 2.45) is 4.99 Å². The third-order valence-electron chi connectivity index (χ3n) is 6.55. The lowest BCUT2D eigenvalue weighted by molar-refractivity contribution is -0.274. The highest BCUT2D eigenvalue weighted by Gasteiger charge is 2.32. The van der Waals surface area contributed by atoms with Crippen molar-refractivity contribution in [1.29, 1.82) is 0 Å². The molecule has 0 aliphatic carbocycles. The van der Waals surface area contributed by atoms with Gasteiger partial charge >= 0.3 is 6.36 Å². The zero-order valence-electron chi connectivity index (χ0n) is 23.3. The van der Waals surface area contributed by atoms with Crippen LogP contribution in [0.25, 0.3) is 17.1 Å². The number of ether oxygens (including phenoxy) is 1. The topological polar surface area (TPSA) is 84.6 Å². The molecule has 0 spiro atoms. The number of amidine groups is 1. The first-order chi connectivity index (χ1) is 20.6. The number of aromatic nitrogens is 3. The van der Waals surface area contributed by atoms with Crippen LogP contribution in [0.4, 0.5) is 18.9 Å². The smallest absolute Gasteiger partial charge is 0.406 e. The standard InChI is InChI=1S/C30H27F3N6O2S2/c1-3-21-7-4-19(2)16-25(21)39-26(40)17-43-29(39)36-28(42)34-15-14-20-5-8-22(9-6-20)27-35-18-38(37-27)23-10-12-24(13-11-23)41-30(31,32)33/h4-13,16,18H,3,14-15,17H2,1-2H3,(H,34,42)/b36-29-. The number of anilines is 1. The number of nitrogens with one attached hydrogen (secondary N) is 1. The Morgan fingerprint density at radius 3 is 2.56 bits per heavy atom. The van der Waals surface area contributed by atoms with Gasteiger partial charge in [-0.3, -0.25) is 9.69 Å². The van der Waals surface area contributed by atoms with Crippen LogP contribution in [-0.4, -0.2) is 49.6 Å². The number of nitrogens with zero attached hydrogens (tertiary/aromatic N) is 5. The summed E-state index contributed by atoms with van der Waals surface area (Å²) in [5, 5.41) is 8.49. The summed E-state index contributed by atoms with van der Waals surface area (Å²) in [6.07, 6.45) is -1.76. The van der Waals surface area contributed by atoms with E-state index in [1.165, 1.54) is 47.0 Å². The van der Waals surface area contributed by atoms with Crippen molar-refractivity contribution in [3.05, 3.63) is 89.7 Å². The molecule has 1 fully saturated rings. The SMILES string of the molecule is CCc1ccc(C)cc1N1C(=O)CS/C1=N\C(=S)NCCc1ccc(-c2ncn(-c3ccc(OC(F)(F)F)cc3)n2)cc1. The second-order valence-corrected chi connectivity index (χ2v) is 11.0. The van der Waals surface area contributed by atoms with E-state index in [1.54, 1.807) is 4.90 Å². The Bertz CT molecular complexity index is 1650. The molecule has 13 heteroatoms. The van der Waals surface area contributed by atoms with E-state index in [-0.39, 0.29) is 11.7 Å². The highest BCUT2D eigenvalue weighted by Crippen LogP contribution is 2.31. The van der Waals surface area contributed by atoms with Gasteiger partial charge in [0.1, 0.15) is 12.1 Å². The molecule has 3 aromatic carbocycles. The number of thioether (sulfide) groups is 1. The van der Waals surface area contributed by atoms with E-state index in [4.69, 9.17) is 12.2 Å². The molecule has 1 aliphatic heterocycles. The summed E-state index contributed by atoms with van der Waals surface area (Å²) in [5.41, 5.74) is 5.40. The first-order valence-electron chi connectivity index (χ1n) is 13.4. The summed E-state index contributed by atoms with van der Waals surface area (Å²) in [6.45, 7) is 4.61. The van der Waals surface area contributed by atoms with Gasteiger partial charge < -0.3 is 10.1 Å². The average Bonchev–Trinajstić information content (AvgIpc) is 3.60. The van der Waals surface area contributed by atoms with Gasteiger partial charge in [-0.15, -0.1) is 18.3 Å². The van der Waals surface area contributed by atoms with Gasteiger partial charge in [-0.1, -0.05) is 55.1 Å². The van der Waals surface area contributed by atoms with Gasteiger partial charge in [0.05, 0.1) is 17.1 Å². The van der Waals surface area contributed by atoms with Gasteiger partial charge in [0.25, 0.3) is 0 Å². The Morgan fingerprint density at radius 1 is 1.12 bits per heavy atom. The van der Waals surface area contributed by atoms with Gasteiger partial charge in [0.15, 0.2) is 16.1 Å². The molecule has 43 heavy (non-hydrogen) atoms. The number of aliphatic imine (C=N–C) groups is 1. The number of carbonyl (C=O) groups excluding carboxylic acids is 1. The van der Waals surface area contributed by atoms with E-state index in [1.807, 2.05) is 49.4 Å². The summed E-state index contributed by atoms with van der Waals surface area (Å²) in [6, 6.07) is 19.2. The fraction of sp³-hybridized carbons (Fsp3) is 0.233. The highest BCUT2D eigenvalue weighted by molar-refractivity contribution is 8.15. The Labute approximate surface area is 256 Å². The summed E-state index contributed by atoms with van der Waals surface area (Å²) in [5.74, 6) is 0.475. The highest BCUT2D eigenvalue weighted by atomic mass is 32.2. The van der Waals surface area contributed by atoms with E-state index in [2.05, 4.69) is 32.1 Å². The fourth-order valence-corrected chi connectivity index (χ4v) is 5.56. The van der Waals surface area contributed by atoms with Crippen LogP contribution in [0.2, 0.25) is 0 Å². The number of halogens is 3. The molecule has 0 atom stereocenters. The molecule has 1 saturated heterocycles. The number of amides is 1. The van der Waals surface area contributed by atoms with E-state index >= 15 is 0 Å². The average molecular weight is 625 g/mol. The molecule has 222 valence electrons. The molecule has 1 amide bonds. The van der Waals surface area contributed by atoms with Crippen LogP contribution in [0, 0.1) is 6.92 Å². The second-order valence-electron chi connectivity index (χ2n) is 9.63. The van der Waals surface area contributed by atoms with Crippen LogP contribution in [0.3, 0.4) is 0 Å². The molecule has 0 radical (unpaired) electrons. The third-order valence-corrected chi connectivity index (χ3v) is 7.71. The van der Waals surface area contributed by atoms with Crippen molar-refractivity contribution in [2.75, 3.05) is 17.2 Å². The molecule has 1 aromatic heterocycles. The predicted octanol–water partition coefficient (Wildman–Crippen LogP) is 6.26. The molecule has 5 rings (SSSR count). The summed E-state index contributed by atoms with van der Waals surface area (Å²) in [4.78, 5) is 23.3. The quantitative estimate of drug-likeness (QED) is 0.232. The molecule has 0 bridgehead atoms. The monoisotopic (exact) mass is 624 g/mol. The van der Waals surface area contributed by atoms with Crippen molar-refractivity contribution >= 4 is 45.9 Å². The minimum atomic E-state index is -4.75. The Balaban J connectivity index is 1.17. The predicted molar refractivity (Wildman–Crippen MR) is 166 cm³/mol. The van der Waals surface area contributed by atoms with Crippen LogP contribution in [0.1, 0.15) is 23.6 Å². The lowest BCUT2D eigenvalue weighted by Crippen LogP contribution is -2.32. The zero-order chi connectivity index (χ0) is 30.6. The maximum absolute atomic E-state index is 12.7. The van der Waals surface area contributed by atoms with Crippen molar-refractivity contribution in [3.8, 4) is 22.8 Å². The Kier molecular flexibility index (Phi) is 9.11. The molecule has 0 unspecified atom stereocenters. The first kappa shape index (κ1) is 30.2. The normalized spacial score (nSPS) is 14.4. The fourth-order valence-electron chi connectivity index (χ4n) is 4.44. The lowest BCUT2D eigenvalue weighted by Gasteiger charge is -2.20. The zero-order valence-corrected chi connectivity index (χ0v) is 24.9. The number of rotatable bonds is 8. The maximum atomic E-state index is 12.7. The number of aryl methyl sites for hydroxylation is 2. The van der Waals surface area contributed by atoms with Gasteiger partial charge in [0.2, 0.25) is 5.91 Å². The molecule has 4 aromatic rings. The molecular formula is C30H27F3N6O2S2. The van der Waals surface area contributed by atoms with Gasteiger partial charge in [0, 0.05) is 12.1 Å². The van der Waals surface area contributed by atoms with Crippen LogP contribution < -0.4 is 15.0 Å². The molecule has 1 aliphatic rings. The van der Waals surface area contributed by atoms with Crippen LogP contribution in [-0.2, 0) is 17.6 Å². The largest absolute Gasteiger partial charge is 0.573 e. The summed E-state index contributed by atoms with van der Waals surface area (Å²) < 4.78 is 42.6. The van der Waals surface area contributed by atoms with Gasteiger partial charge in [-0.25, -0.2) is 9.67 Å². The molecular weight excluding hydrogens is 597 g/mol. The van der Waals surface area contributed by atoms with Crippen molar-refractivity contribution < 1.29 is 22.7 Å². The first-order valence-corrected chi connectivity index (χ1v) is 14.8. The molecule has 8 nitrogen and oxygen atoms in total. The number of carbonyl (C=O) groups is 1. The summed E-state index contributed by atoms with van der Waals surface area (Å²) in [7, 11) is 0. The van der Waals surface area contributed by atoms with Crippen LogP contribution >= 0.6 is 24.0 Å².